The van der Waals surface area contributed by atoms with Crippen molar-refractivity contribution >= 4 is 19.2 Å². The van der Waals surface area contributed by atoms with E-state index in [4.69, 9.17) is 0 Å². The standard InChI is InChI=1S/C12H8BF4N4.Pt/c14-7-3-9(16)11(18-5-7)20-1-2-21(13-20)12-10(17)4-8(15)6-19-12;/h3-6H,1-2H2;. The SMILES string of the molecule is Fc1cnc(N2[B]N(c3ncc(F)cc3F)CC2)c(F)c1.[Pt]. The predicted molar refractivity (Wildman–Crippen MR) is 68.8 cm³/mol. The normalized spacial score (nSPS) is 13.8. The Kier molecular flexibility index (Phi) is 5.06. The molecule has 1 aliphatic heterocycles. The molecule has 2 aromatic rings. The fourth-order valence-electron chi connectivity index (χ4n) is 2.06. The van der Waals surface area contributed by atoms with Crippen LogP contribution in [0.3, 0.4) is 0 Å². The first kappa shape index (κ1) is 16.7. The van der Waals surface area contributed by atoms with Crippen LogP contribution in [0.4, 0.5) is 29.2 Å². The Hall–Kier alpha value is -1.63. The van der Waals surface area contributed by atoms with Crippen LogP contribution < -0.4 is 9.62 Å². The molecule has 117 valence electrons. The van der Waals surface area contributed by atoms with Crippen molar-refractivity contribution in [1.29, 1.82) is 0 Å². The molecule has 1 aliphatic rings. The Morgan fingerprint density at radius 3 is 1.59 bits per heavy atom. The van der Waals surface area contributed by atoms with Crippen molar-refractivity contribution in [2.24, 2.45) is 0 Å². The number of pyridine rings is 2. The quantitative estimate of drug-likeness (QED) is 0.476. The van der Waals surface area contributed by atoms with Gasteiger partial charge < -0.3 is 9.62 Å². The summed E-state index contributed by atoms with van der Waals surface area (Å²) in [7, 11) is 1.40. The van der Waals surface area contributed by atoms with E-state index in [2.05, 4.69) is 9.97 Å². The summed E-state index contributed by atoms with van der Waals surface area (Å²) in [6.45, 7) is 0.627. The first-order valence-corrected chi connectivity index (χ1v) is 6.05. The summed E-state index contributed by atoms with van der Waals surface area (Å²) in [6.07, 6.45) is 1.79. The molecule has 1 saturated heterocycles. The predicted octanol–water partition coefficient (Wildman–Crippen LogP) is 1.89. The van der Waals surface area contributed by atoms with Gasteiger partial charge in [-0.1, -0.05) is 0 Å². The molecular weight excluding hydrogens is 482 g/mol. The van der Waals surface area contributed by atoms with Gasteiger partial charge in [0.25, 0.3) is 0 Å². The van der Waals surface area contributed by atoms with E-state index in [0.717, 1.165) is 24.5 Å². The van der Waals surface area contributed by atoms with E-state index >= 15 is 0 Å². The largest absolute Gasteiger partial charge is 0.394 e. The summed E-state index contributed by atoms with van der Waals surface area (Å²) in [5, 5.41) is 0. The van der Waals surface area contributed by atoms with E-state index < -0.39 is 23.3 Å². The first-order chi connectivity index (χ1) is 10.0. The third-order valence-corrected chi connectivity index (χ3v) is 2.98. The Labute approximate surface area is 138 Å². The fourth-order valence-corrected chi connectivity index (χ4v) is 2.06. The van der Waals surface area contributed by atoms with Gasteiger partial charge in [-0.3, -0.25) is 0 Å². The molecule has 0 aliphatic carbocycles. The van der Waals surface area contributed by atoms with Crippen LogP contribution in [0.1, 0.15) is 0 Å². The molecule has 1 radical (unpaired) electrons. The van der Waals surface area contributed by atoms with E-state index in [1.165, 1.54) is 17.2 Å². The smallest absolute Gasteiger partial charge is 0.379 e. The average molecular weight is 490 g/mol. The number of anilines is 2. The van der Waals surface area contributed by atoms with Crippen molar-refractivity contribution in [3.8, 4) is 0 Å². The van der Waals surface area contributed by atoms with Crippen molar-refractivity contribution in [3.63, 3.8) is 0 Å². The molecule has 1 fully saturated rings. The van der Waals surface area contributed by atoms with Crippen LogP contribution >= 0.6 is 0 Å². The van der Waals surface area contributed by atoms with Gasteiger partial charge in [0.2, 0.25) is 0 Å². The van der Waals surface area contributed by atoms with E-state index in [1.54, 1.807) is 0 Å². The van der Waals surface area contributed by atoms with E-state index in [9.17, 15) is 17.6 Å². The third kappa shape index (κ3) is 3.24. The van der Waals surface area contributed by atoms with Gasteiger partial charge in [0.05, 0.1) is 12.4 Å². The Balaban J connectivity index is 0.00000176. The van der Waals surface area contributed by atoms with Gasteiger partial charge in [0, 0.05) is 46.3 Å². The Morgan fingerprint density at radius 1 is 0.818 bits per heavy atom. The van der Waals surface area contributed by atoms with Crippen LogP contribution in [-0.2, 0) is 21.1 Å². The van der Waals surface area contributed by atoms with Crippen LogP contribution in [0, 0.1) is 23.3 Å². The van der Waals surface area contributed by atoms with E-state index in [0.29, 0.717) is 13.1 Å². The maximum atomic E-state index is 13.6. The van der Waals surface area contributed by atoms with Crippen molar-refractivity contribution in [2.75, 3.05) is 22.7 Å². The molecular formula is C12H8BF4N4Pt. The van der Waals surface area contributed by atoms with Gasteiger partial charge in [-0.05, 0) is 0 Å². The molecule has 0 amide bonds. The topological polar surface area (TPSA) is 32.3 Å². The summed E-state index contributed by atoms with van der Waals surface area (Å²) >= 11 is 0. The Morgan fingerprint density at radius 2 is 1.23 bits per heavy atom. The molecule has 2 aromatic heterocycles. The average Bonchev–Trinajstić information content (AvgIpc) is 2.87. The van der Waals surface area contributed by atoms with Crippen molar-refractivity contribution in [2.45, 2.75) is 0 Å². The number of rotatable bonds is 2. The summed E-state index contributed by atoms with van der Waals surface area (Å²) in [5.74, 6) is -3.33. The third-order valence-electron chi connectivity index (χ3n) is 2.98. The molecule has 0 N–H and O–H groups in total. The monoisotopic (exact) mass is 490 g/mol. The van der Waals surface area contributed by atoms with Crippen LogP contribution in [0.5, 0.6) is 0 Å². The minimum Gasteiger partial charge on any atom is -0.379 e. The molecule has 0 saturated carbocycles. The van der Waals surface area contributed by atoms with Crippen molar-refractivity contribution < 1.29 is 38.6 Å². The second kappa shape index (κ2) is 6.64. The molecule has 22 heavy (non-hydrogen) atoms. The summed E-state index contributed by atoms with van der Waals surface area (Å²) < 4.78 is 52.9. The number of halogens is 4. The minimum absolute atomic E-state index is 0. The molecule has 10 heteroatoms. The van der Waals surface area contributed by atoms with Gasteiger partial charge in [-0.25, -0.2) is 27.5 Å². The molecule has 4 nitrogen and oxygen atoms in total. The molecule has 0 spiro atoms. The number of hydrogen-bond acceptors (Lipinski definition) is 4. The molecule has 0 aromatic carbocycles. The zero-order valence-electron chi connectivity index (χ0n) is 10.9. The molecule has 0 atom stereocenters. The molecule has 3 heterocycles. The van der Waals surface area contributed by atoms with Gasteiger partial charge in [0.15, 0.2) is 23.3 Å². The van der Waals surface area contributed by atoms with Crippen LogP contribution in [0.2, 0.25) is 0 Å². The van der Waals surface area contributed by atoms with Crippen LogP contribution in [0.25, 0.3) is 0 Å². The molecule has 0 bridgehead atoms. The second-order valence-corrected chi connectivity index (χ2v) is 4.42. The molecule has 3 rings (SSSR count). The fraction of sp³-hybridized carbons (Fsp3) is 0.167. The van der Waals surface area contributed by atoms with Gasteiger partial charge in [-0.2, -0.15) is 0 Å². The van der Waals surface area contributed by atoms with Crippen molar-refractivity contribution in [3.05, 3.63) is 47.8 Å². The maximum Gasteiger partial charge on any atom is 0.394 e. The zero-order valence-corrected chi connectivity index (χ0v) is 13.2. The van der Waals surface area contributed by atoms with Gasteiger partial charge >= 0.3 is 7.55 Å². The number of aromatic nitrogens is 2. The number of nitrogens with zero attached hydrogens (tertiary/aromatic N) is 4. The second-order valence-electron chi connectivity index (χ2n) is 4.42. The first-order valence-electron chi connectivity index (χ1n) is 6.05. The van der Waals surface area contributed by atoms with E-state index in [-0.39, 0.29) is 32.7 Å². The summed E-state index contributed by atoms with van der Waals surface area (Å²) in [4.78, 5) is 10.1. The summed E-state index contributed by atoms with van der Waals surface area (Å²) in [6, 6.07) is 1.44. The Bertz CT molecular complexity index is 633. The summed E-state index contributed by atoms with van der Waals surface area (Å²) in [5.41, 5.74) is 0. The maximum absolute atomic E-state index is 13.6. The molecule has 0 unspecified atom stereocenters. The van der Waals surface area contributed by atoms with E-state index in [1.807, 2.05) is 0 Å². The van der Waals surface area contributed by atoms with Crippen molar-refractivity contribution in [1.82, 2.24) is 9.97 Å². The van der Waals surface area contributed by atoms with Gasteiger partial charge in [0.1, 0.15) is 11.6 Å². The number of hydrogen-bond donors (Lipinski definition) is 0. The van der Waals surface area contributed by atoms with Crippen LogP contribution in [-0.4, -0.2) is 30.6 Å². The van der Waals surface area contributed by atoms with Gasteiger partial charge in [-0.15, -0.1) is 0 Å². The zero-order chi connectivity index (χ0) is 15.0. The minimum atomic E-state index is -0.819. The van der Waals surface area contributed by atoms with Crippen LogP contribution in [0.15, 0.2) is 24.5 Å².